The number of hydrogen-bond acceptors (Lipinski definition) is 6. The van der Waals surface area contributed by atoms with E-state index in [1.165, 1.54) is 0 Å². The Kier molecular flexibility index (Phi) is 11.3. The van der Waals surface area contributed by atoms with Crippen LogP contribution in [-0.4, -0.2) is 49.0 Å². The van der Waals surface area contributed by atoms with Crippen LogP contribution >= 0.6 is 0 Å². The van der Waals surface area contributed by atoms with Crippen LogP contribution in [0.2, 0.25) is 0 Å². The molecule has 0 aromatic heterocycles. The average Bonchev–Trinajstić information content (AvgIpc) is 2.87. The van der Waals surface area contributed by atoms with Crippen LogP contribution < -0.4 is 0 Å². The molecule has 1 aliphatic heterocycles. The summed E-state index contributed by atoms with van der Waals surface area (Å²) >= 11 is 0. The first-order valence-electron chi connectivity index (χ1n) is 12.0. The van der Waals surface area contributed by atoms with Crippen molar-refractivity contribution in [3.05, 3.63) is 82.2 Å². The summed E-state index contributed by atoms with van der Waals surface area (Å²) in [4.78, 5) is 2.76. The smallest absolute Gasteiger partial charge is 0.186 e. The lowest BCUT2D eigenvalue weighted by Gasteiger charge is -2.43. The summed E-state index contributed by atoms with van der Waals surface area (Å²) in [5.74, 6) is 0. The van der Waals surface area contributed by atoms with Crippen molar-refractivity contribution < 1.29 is 24.1 Å². The quantitative estimate of drug-likeness (QED) is 0.178. The molecule has 0 saturated carbocycles. The summed E-state index contributed by atoms with van der Waals surface area (Å²) in [6, 6.07) is 19.8. The normalized spacial score (nSPS) is 24.5. The number of nitrogens with zero attached hydrogens (tertiary/aromatic N) is 3. The third-order valence-electron chi connectivity index (χ3n) is 5.82. The van der Waals surface area contributed by atoms with Crippen molar-refractivity contribution in [2.24, 2.45) is 5.11 Å². The summed E-state index contributed by atoms with van der Waals surface area (Å²) in [5, 5.41) is 14.6. The Balaban J connectivity index is 1.56. The minimum Gasteiger partial charge on any atom is -0.385 e. The maximum absolute atomic E-state index is 11.1. The van der Waals surface area contributed by atoms with Crippen LogP contribution in [0.5, 0.6) is 0 Å². The number of aliphatic hydroxyl groups is 1. The number of ether oxygens (including phenoxy) is 4. The zero-order valence-electron chi connectivity index (χ0n) is 19.7. The van der Waals surface area contributed by atoms with Crippen LogP contribution in [-0.2, 0) is 32.2 Å². The minimum absolute atomic E-state index is 0.318. The molecule has 0 aliphatic carbocycles. The van der Waals surface area contributed by atoms with Gasteiger partial charge in [-0.15, -0.1) is 0 Å². The Labute approximate surface area is 201 Å². The fourth-order valence-corrected chi connectivity index (χ4v) is 3.96. The first-order chi connectivity index (χ1) is 16.7. The summed E-state index contributed by atoms with van der Waals surface area (Å²) in [7, 11) is 0. The lowest BCUT2D eigenvalue weighted by atomic mass is 9.99. The van der Waals surface area contributed by atoms with Gasteiger partial charge in [0.05, 0.1) is 19.3 Å². The highest BCUT2D eigenvalue weighted by atomic mass is 16.7. The van der Waals surface area contributed by atoms with Crippen molar-refractivity contribution in [3.63, 3.8) is 0 Å². The molecule has 0 amide bonds. The van der Waals surface area contributed by atoms with Gasteiger partial charge in [0.15, 0.2) is 6.29 Å². The SMILES string of the molecule is C[C@@H]1O[C@@H](OCCCCCCN=[N+]=[N-])[C@H](O)[C@H](OCc2ccccc2)[C@H]1OCc1ccccc1. The molecule has 0 unspecified atom stereocenters. The monoisotopic (exact) mass is 469 g/mol. The van der Waals surface area contributed by atoms with Crippen LogP contribution in [0.1, 0.15) is 43.7 Å². The van der Waals surface area contributed by atoms with Gasteiger partial charge >= 0.3 is 0 Å². The van der Waals surface area contributed by atoms with E-state index in [-0.39, 0.29) is 6.10 Å². The molecule has 5 atom stereocenters. The van der Waals surface area contributed by atoms with E-state index in [2.05, 4.69) is 10.0 Å². The highest BCUT2D eigenvalue weighted by Crippen LogP contribution is 2.28. The van der Waals surface area contributed by atoms with Gasteiger partial charge in [-0.3, -0.25) is 0 Å². The first kappa shape index (κ1) is 26.2. The van der Waals surface area contributed by atoms with Crippen LogP contribution in [0.25, 0.3) is 10.4 Å². The van der Waals surface area contributed by atoms with Gasteiger partial charge in [-0.25, -0.2) is 0 Å². The van der Waals surface area contributed by atoms with Crippen molar-refractivity contribution in [1.29, 1.82) is 0 Å². The third kappa shape index (κ3) is 8.40. The van der Waals surface area contributed by atoms with Crippen molar-refractivity contribution in [2.75, 3.05) is 13.2 Å². The second-order valence-corrected chi connectivity index (χ2v) is 8.46. The third-order valence-corrected chi connectivity index (χ3v) is 5.82. The van der Waals surface area contributed by atoms with Crippen LogP contribution in [0.3, 0.4) is 0 Å². The molecule has 3 rings (SSSR count). The summed E-state index contributed by atoms with van der Waals surface area (Å²) in [6.45, 7) is 3.67. The molecule has 0 bridgehead atoms. The van der Waals surface area contributed by atoms with Crippen molar-refractivity contribution in [2.45, 2.75) is 76.5 Å². The lowest BCUT2D eigenvalue weighted by molar-refractivity contribution is -0.309. The molecule has 2 aromatic carbocycles. The van der Waals surface area contributed by atoms with Gasteiger partial charge in [-0.1, -0.05) is 78.6 Å². The fourth-order valence-electron chi connectivity index (χ4n) is 3.96. The van der Waals surface area contributed by atoms with E-state index in [0.717, 1.165) is 36.8 Å². The molecule has 8 heteroatoms. The largest absolute Gasteiger partial charge is 0.385 e. The zero-order valence-corrected chi connectivity index (χ0v) is 19.7. The molecule has 1 aliphatic rings. The summed E-state index contributed by atoms with van der Waals surface area (Å²) in [6.07, 6.45) is 0.491. The molecule has 0 radical (unpaired) electrons. The van der Waals surface area contributed by atoms with Gasteiger partial charge in [-0.05, 0) is 36.4 Å². The Hall–Kier alpha value is -2.45. The number of aliphatic hydroxyl groups excluding tert-OH is 1. The van der Waals surface area contributed by atoms with Crippen LogP contribution in [0.15, 0.2) is 65.8 Å². The second kappa shape index (κ2) is 14.7. The molecule has 34 heavy (non-hydrogen) atoms. The highest BCUT2D eigenvalue weighted by Gasteiger charge is 2.45. The zero-order chi connectivity index (χ0) is 24.0. The molecule has 1 fully saturated rings. The number of unbranched alkanes of at least 4 members (excludes halogenated alkanes) is 3. The van der Waals surface area contributed by atoms with Crippen LogP contribution in [0, 0.1) is 0 Å². The highest BCUT2D eigenvalue weighted by molar-refractivity contribution is 5.14. The molecular formula is C26H35N3O5. The van der Waals surface area contributed by atoms with Gasteiger partial charge in [0.1, 0.15) is 18.3 Å². The molecule has 2 aromatic rings. The van der Waals surface area contributed by atoms with Gasteiger partial charge < -0.3 is 24.1 Å². The minimum atomic E-state index is -0.981. The van der Waals surface area contributed by atoms with E-state index in [1.807, 2.05) is 67.6 Å². The number of hydrogen-bond donors (Lipinski definition) is 1. The van der Waals surface area contributed by atoms with Crippen molar-refractivity contribution in [1.82, 2.24) is 0 Å². The van der Waals surface area contributed by atoms with E-state index in [9.17, 15) is 5.11 Å². The molecule has 1 heterocycles. The van der Waals surface area contributed by atoms with E-state index < -0.39 is 24.6 Å². The predicted molar refractivity (Wildman–Crippen MR) is 129 cm³/mol. The average molecular weight is 470 g/mol. The molecule has 8 nitrogen and oxygen atoms in total. The van der Waals surface area contributed by atoms with E-state index in [0.29, 0.717) is 26.4 Å². The van der Waals surface area contributed by atoms with Gasteiger partial charge in [-0.2, -0.15) is 0 Å². The van der Waals surface area contributed by atoms with Gasteiger partial charge in [0.25, 0.3) is 0 Å². The van der Waals surface area contributed by atoms with Crippen molar-refractivity contribution >= 4 is 0 Å². The van der Waals surface area contributed by atoms with Crippen LogP contribution in [0.4, 0.5) is 0 Å². The Morgan fingerprint density at radius 2 is 1.44 bits per heavy atom. The number of rotatable bonds is 14. The van der Waals surface area contributed by atoms with Gasteiger partial charge in [0, 0.05) is 18.1 Å². The fraction of sp³-hybridized carbons (Fsp3) is 0.538. The summed E-state index contributed by atoms with van der Waals surface area (Å²) < 4.78 is 24.3. The molecular weight excluding hydrogens is 434 g/mol. The molecule has 1 saturated heterocycles. The maximum Gasteiger partial charge on any atom is 0.186 e. The Morgan fingerprint density at radius 3 is 2.06 bits per heavy atom. The number of azide groups is 1. The second-order valence-electron chi connectivity index (χ2n) is 8.46. The lowest BCUT2D eigenvalue weighted by Crippen LogP contribution is -2.59. The molecule has 184 valence electrons. The number of benzene rings is 2. The van der Waals surface area contributed by atoms with Gasteiger partial charge in [0.2, 0.25) is 0 Å². The summed E-state index contributed by atoms with van der Waals surface area (Å²) in [5.41, 5.74) is 10.4. The topological polar surface area (TPSA) is 106 Å². The standard InChI is InChI=1S/C26H35N3O5/c1-20-24(32-18-21-12-6-4-7-13-21)25(33-19-22-14-8-5-9-15-22)23(30)26(34-20)31-17-11-3-2-10-16-28-29-27/h4-9,12-15,20,23-26,30H,2-3,10-11,16-19H2,1H3/t20-,23+,24-,25-,26+/m0/s1. The Morgan fingerprint density at radius 1 is 0.853 bits per heavy atom. The van der Waals surface area contributed by atoms with Crippen molar-refractivity contribution in [3.8, 4) is 0 Å². The van der Waals surface area contributed by atoms with E-state index in [1.54, 1.807) is 0 Å². The molecule has 1 N–H and O–H groups in total. The Bertz CT molecular complexity index is 863. The van der Waals surface area contributed by atoms with E-state index >= 15 is 0 Å². The molecule has 0 spiro atoms. The first-order valence-corrected chi connectivity index (χ1v) is 12.0. The van der Waals surface area contributed by atoms with E-state index in [4.69, 9.17) is 24.5 Å². The maximum atomic E-state index is 11.1. The predicted octanol–water partition coefficient (Wildman–Crippen LogP) is 5.15.